The minimum Gasteiger partial charge on any atom is -0.352 e. The van der Waals surface area contributed by atoms with Crippen molar-refractivity contribution in [2.45, 2.75) is 25.3 Å². The van der Waals surface area contributed by atoms with Gasteiger partial charge in [0.2, 0.25) is 5.91 Å². The second kappa shape index (κ2) is 7.62. The van der Waals surface area contributed by atoms with Gasteiger partial charge in [0.1, 0.15) is 0 Å². The average Bonchev–Trinajstić information content (AvgIpc) is 3.10. The molecule has 0 aromatic heterocycles. The molecule has 4 heteroatoms. The van der Waals surface area contributed by atoms with Gasteiger partial charge in [-0.1, -0.05) is 54.6 Å². The summed E-state index contributed by atoms with van der Waals surface area (Å²) in [7, 11) is 0. The van der Waals surface area contributed by atoms with Gasteiger partial charge in [0, 0.05) is 18.5 Å². The maximum atomic E-state index is 12.3. The Labute approximate surface area is 158 Å². The summed E-state index contributed by atoms with van der Waals surface area (Å²) in [5.74, 6) is -0.185. The Balaban J connectivity index is 1.29. The predicted octanol–water partition coefficient (Wildman–Crippen LogP) is 3.76. The molecule has 0 aliphatic heterocycles. The zero-order valence-corrected chi connectivity index (χ0v) is 15.1. The summed E-state index contributed by atoms with van der Waals surface area (Å²) < 4.78 is 0. The van der Waals surface area contributed by atoms with E-state index in [1.54, 1.807) is 0 Å². The number of carbonyl (C=O) groups is 2. The zero-order chi connectivity index (χ0) is 18.6. The maximum absolute atomic E-state index is 12.3. The SMILES string of the molecule is O=C(CCNC(=O)c1ccc2ccccc2c1)NC1CCc2ccccc21. The van der Waals surface area contributed by atoms with Gasteiger partial charge in [-0.25, -0.2) is 0 Å². The highest BCUT2D eigenvalue weighted by atomic mass is 16.2. The van der Waals surface area contributed by atoms with Crippen molar-refractivity contribution in [1.82, 2.24) is 10.6 Å². The van der Waals surface area contributed by atoms with Crippen LogP contribution >= 0.6 is 0 Å². The van der Waals surface area contributed by atoms with E-state index in [2.05, 4.69) is 22.8 Å². The van der Waals surface area contributed by atoms with Gasteiger partial charge in [0.15, 0.2) is 0 Å². The lowest BCUT2D eigenvalue weighted by Crippen LogP contribution is -2.32. The van der Waals surface area contributed by atoms with E-state index < -0.39 is 0 Å². The molecule has 0 bridgehead atoms. The molecule has 1 unspecified atom stereocenters. The summed E-state index contributed by atoms with van der Waals surface area (Å²) in [5.41, 5.74) is 3.14. The average molecular weight is 358 g/mol. The summed E-state index contributed by atoms with van der Waals surface area (Å²) in [6.07, 6.45) is 2.21. The third-order valence-corrected chi connectivity index (χ3v) is 5.12. The lowest BCUT2D eigenvalue weighted by Gasteiger charge is -2.14. The van der Waals surface area contributed by atoms with Crippen LogP contribution in [0.4, 0.5) is 0 Å². The van der Waals surface area contributed by atoms with Crippen LogP contribution in [-0.4, -0.2) is 18.4 Å². The van der Waals surface area contributed by atoms with Crippen LogP contribution in [0.2, 0.25) is 0 Å². The molecular weight excluding hydrogens is 336 g/mol. The predicted molar refractivity (Wildman–Crippen MR) is 107 cm³/mol. The quantitative estimate of drug-likeness (QED) is 0.729. The molecular formula is C23H22N2O2. The van der Waals surface area contributed by atoms with E-state index in [9.17, 15) is 9.59 Å². The number of rotatable bonds is 5. The third-order valence-electron chi connectivity index (χ3n) is 5.12. The molecule has 0 heterocycles. The van der Waals surface area contributed by atoms with Crippen LogP contribution in [0.5, 0.6) is 0 Å². The van der Waals surface area contributed by atoms with Crippen LogP contribution in [0.15, 0.2) is 66.7 Å². The largest absolute Gasteiger partial charge is 0.352 e. The van der Waals surface area contributed by atoms with E-state index in [0.717, 1.165) is 23.6 Å². The van der Waals surface area contributed by atoms with Crippen LogP contribution in [-0.2, 0) is 11.2 Å². The molecule has 1 aliphatic carbocycles. The van der Waals surface area contributed by atoms with E-state index in [1.807, 2.05) is 54.6 Å². The molecule has 1 atom stereocenters. The van der Waals surface area contributed by atoms with Crippen molar-refractivity contribution in [3.8, 4) is 0 Å². The maximum Gasteiger partial charge on any atom is 0.251 e. The van der Waals surface area contributed by atoms with Crippen LogP contribution < -0.4 is 10.6 Å². The molecule has 27 heavy (non-hydrogen) atoms. The first kappa shape index (κ1) is 17.3. The standard InChI is InChI=1S/C23H22N2O2/c26-22(25-21-12-11-17-6-3-4-8-20(17)21)13-14-24-23(27)19-10-9-16-5-1-2-7-18(16)15-19/h1-10,15,21H,11-14H2,(H,24,27)(H,25,26). The Morgan fingerprint density at radius 1 is 0.926 bits per heavy atom. The molecule has 4 rings (SSSR count). The molecule has 1 aliphatic rings. The van der Waals surface area contributed by atoms with Crippen molar-refractivity contribution in [2.24, 2.45) is 0 Å². The molecule has 0 saturated heterocycles. The Morgan fingerprint density at radius 2 is 1.70 bits per heavy atom. The number of benzene rings is 3. The molecule has 0 fully saturated rings. The third kappa shape index (κ3) is 3.85. The van der Waals surface area contributed by atoms with Gasteiger partial charge in [0.25, 0.3) is 5.91 Å². The van der Waals surface area contributed by atoms with Crippen LogP contribution in [0, 0.1) is 0 Å². The molecule has 2 N–H and O–H groups in total. The van der Waals surface area contributed by atoms with Gasteiger partial charge >= 0.3 is 0 Å². The smallest absolute Gasteiger partial charge is 0.251 e. The van der Waals surface area contributed by atoms with Crippen molar-refractivity contribution in [3.63, 3.8) is 0 Å². The summed E-state index contributed by atoms with van der Waals surface area (Å²) in [6.45, 7) is 0.325. The zero-order valence-electron chi connectivity index (χ0n) is 15.1. The topological polar surface area (TPSA) is 58.2 Å². The molecule has 3 aromatic rings. The molecule has 0 spiro atoms. The second-order valence-corrected chi connectivity index (χ2v) is 6.93. The number of hydrogen-bond acceptors (Lipinski definition) is 2. The Hall–Kier alpha value is -3.14. The van der Waals surface area contributed by atoms with Crippen molar-refractivity contribution in [2.75, 3.05) is 6.54 Å². The van der Waals surface area contributed by atoms with Gasteiger partial charge in [-0.15, -0.1) is 0 Å². The Morgan fingerprint density at radius 3 is 2.59 bits per heavy atom. The number of aryl methyl sites for hydroxylation is 1. The highest BCUT2D eigenvalue weighted by Crippen LogP contribution is 2.30. The van der Waals surface area contributed by atoms with E-state index in [-0.39, 0.29) is 24.3 Å². The minimum atomic E-state index is -0.153. The van der Waals surface area contributed by atoms with Crippen molar-refractivity contribution < 1.29 is 9.59 Å². The summed E-state index contributed by atoms with van der Waals surface area (Å²) in [4.78, 5) is 24.6. The van der Waals surface area contributed by atoms with E-state index in [1.165, 1.54) is 11.1 Å². The number of carbonyl (C=O) groups excluding carboxylic acids is 2. The van der Waals surface area contributed by atoms with Crippen LogP contribution in [0.3, 0.4) is 0 Å². The minimum absolute atomic E-state index is 0.0319. The molecule has 136 valence electrons. The summed E-state index contributed by atoms with van der Waals surface area (Å²) >= 11 is 0. The first-order valence-electron chi connectivity index (χ1n) is 9.35. The van der Waals surface area contributed by atoms with Crippen molar-refractivity contribution in [1.29, 1.82) is 0 Å². The van der Waals surface area contributed by atoms with E-state index in [4.69, 9.17) is 0 Å². The van der Waals surface area contributed by atoms with Crippen LogP contribution in [0.25, 0.3) is 10.8 Å². The van der Waals surface area contributed by atoms with Crippen LogP contribution in [0.1, 0.15) is 40.4 Å². The number of nitrogens with one attached hydrogen (secondary N) is 2. The fraction of sp³-hybridized carbons (Fsp3) is 0.217. The van der Waals surface area contributed by atoms with Gasteiger partial charge in [-0.05, 0) is 46.9 Å². The first-order valence-corrected chi connectivity index (χ1v) is 9.35. The fourth-order valence-electron chi connectivity index (χ4n) is 3.70. The Kier molecular flexibility index (Phi) is 4.88. The molecule has 3 aromatic carbocycles. The Bertz CT molecular complexity index is 996. The van der Waals surface area contributed by atoms with Gasteiger partial charge < -0.3 is 10.6 Å². The van der Waals surface area contributed by atoms with Crippen molar-refractivity contribution in [3.05, 3.63) is 83.4 Å². The van der Waals surface area contributed by atoms with Gasteiger partial charge in [-0.3, -0.25) is 9.59 Å². The number of amides is 2. The van der Waals surface area contributed by atoms with Crippen molar-refractivity contribution >= 4 is 22.6 Å². The van der Waals surface area contributed by atoms with E-state index >= 15 is 0 Å². The lowest BCUT2D eigenvalue weighted by molar-refractivity contribution is -0.121. The molecule has 0 saturated carbocycles. The molecule has 4 nitrogen and oxygen atoms in total. The normalized spacial score (nSPS) is 15.3. The highest BCUT2D eigenvalue weighted by molar-refractivity contribution is 5.98. The second-order valence-electron chi connectivity index (χ2n) is 6.93. The lowest BCUT2D eigenvalue weighted by atomic mass is 10.1. The number of fused-ring (bicyclic) bond motifs is 2. The monoisotopic (exact) mass is 358 g/mol. The molecule has 2 amide bonds. The summed E-state index contributed by atoms with van der Waals surface area (Å²) in [6, 6.07) is 21.9. The first-order chi connectivity index (χ1) is 13.2. The van der Waals surface area contributed by atoms with Gasteiger partial charge in [-0.2, -0.15) is 0 Å². The van der Waals surface area contributed by atoms with E-state index in [0.29, 0.717) is 12.1 Å². The summed E-state index contributed by atoms with van der Waals surface area (Å²) in [5, 5.41) is 8.05. The molecule has 0 radical (unpaired) electrons. The number of hydrogen-bond donors (Lipinski definition) is 2. The fourth-order valence-corrected chi connectivity index (χ4v) is 3.70. The highest BCUT2D eigenvalue weighted by Gasteiger charge is 2.23. The van der Waals surface area contributed by atoms with Gasteiger partial charge in [0.05, 0.1) is 6.04 Å².